The topological polar surface area (TPSA) is 70.3 Å². The van der Waals surface area contributed by atoms with Crippen molar-refractivity contribution < 1.29 is 9.47 Å². The number of rotatable bonds is 3. The number of benzene rings is 1. The van der Waals surface area contributed by atoms with Crippen molar-refractivity contribution >= 4 is 5.82 Å². The van der Waals surface area contributed by atoms with Crippen molar-refractivity contribution in [1.82, 2.24) is 9.97 Å². The predicted octanol–water partition coefficient (Wildman–Crippen LogP) is 2.84. The summed E-state index contributed by atoms with van der Waals surface area (Å²) >= 11 is 0. The third kappa shape index (κ3) is 2.77. The minimum absolute atomic E-state index is 0.550. The molecule has 21 heavy (non-hydrogen) atoms. The van der Waals surface area contributed by atoms with E-state index in [9.17, 15) is 0 Å². The summed E-state index contributed by atoms with van der Waals surface area (Å²) in [6.07, 6.45) is 4.25. The van der Waals surface area contributed by atoms with Crippen LogP contribution in [0.3, 0.4) is 0 Å². The van der Waals surface area contributed by atoms with Crippen LogP contribution in [0.25, 0.3) is 11.3 Å². The van der Waals surface area contributed by atoms with Gasteiger partial charge in [-0.15, -0.1) is 0 Å². The molecular formula is C16H19N3O2. The van der Waals surface area contributed by atoms with Gasteiger partial charge in [0.05, 0.1) is 18.9 Å². The average molecular weight is 285 g/mol. The Morgan fingerprint density at radius 2 is 1.95 bits per heavy atom. The number of hydrogen-bond acceptors (Lipinski definition) is 5. The highest BCUT2D eigenvalue weighted by molar-refractivity contribution is 5.70. The van der Waals surface area contributed by atoms with Gasteiger partial charge in [-0.2, -0.15) is 0 Å². The van der Waals surface area contributed by atoms with Gasteiger partial charge in [-0.05, 0) is 24.6 Å². The second kappa shape index (κ2) is 5.99. The lowest BCUT2D eigenvalue weighted by Crippen LogP contribution is -2.02. The van der Waals surface area contributed by atoms with Crippen molar-refractivity contribution in [1.29, 1.82) is 0 Å². The van der Waals surface area contributed by atoms with E-state index in [0.717, 1.165) is 47.6 Å². The maximum atomic E-state index is 6.00. The van der Waals surface area contributed by atoms with Gasteiger partial charge in [-0.3, -0.25) is 0 Å². The lowest BCUT2D eigenvalue weighted by molar-refractivity contribution is 0.297. The fraction of sp³-hybridized carbons (Fsp3) is 0.375. The van der Waals surface area contributed by atoms with Crippen molar-refractivity contribution in [2.75, 3.05) is 18.9 Å². The molecule has 0 saturated carbocycles. The molecule has 0 aliphatic carbocycles. The molecule has 1 aliphatic rings. The molecule has 2 N–H and O–H groups in total. The number of fused-ring (bicyclic) bond motifs is 1. The second-order valence-electron chi connectivity index (χ2n) is 5.05. The van der Waals surface area contributed by atoms with Crippen LogP contribution in [-0.2, 0) is 6.42 Å². The number of nitrogens with zero attached hydrogens (tertiary/aromatic N) is 2. The fourth-order valence-electron chi connectivity index (χ4n) is 2.48. The molecule has 0 unspecified atom stereocenters. The molecule has 110 valence electrons. The summed E-state index contributed by atoms with van der Waals surface area (Å²) < 4.78 is 11.4. The van der Waals surface area contributed by atoms with Crippen LogP contribution in [0.1, 0.15) is 25.3 Å². The summed E-state index contributed by atoms with van der Waals surface area (Å²) in [4.78, 5) is 8.51. The average Bonchev–Trinajstić information content (AvgIpc) is 2.74. The van der Waals surface area contributed by atoms with Gasteiger partial charge in [0, 0.05) is 17.5 Å². The standard InChI is InChI=1S/C16H19N3O2/c1-2-4-12-15(18-10-19-16(12)17)11-5-6-13-14(9-11)21-8-3-7-20-13/h5-6,9-10H,2-4,7-8H2,1H3,(H2,17,18,19). The van der Waals surface area contributed by atoms with Crippen molar-refractivity contribution in [2.45, 2.75) is 26.2 Å². The summed E-state index contributed by atoms with van der Waals surface area (Å²) in [6, 6.07) is 5.90. The Hall–Kier alpha value is -2.30. The summed E-state index contributed by atoms with van der Waals surface area (Å²) in [5.41, 5.74) is 8.85. The molecule has 0 saturated heterocycles. The van der Waals surface area contributed by atoms with E-state index in [-0.39, 0.29) is 0 Å². The summed E-state index contributed by atoms with van der Waals surface area (Å²) in [7, 11) is 0. The van der Waals surface area contributed by atoms with E-state index in [1.807, 2.05) is 18.2 Å². The van der Waals surface area contributed by atoms with Gasteiger partial charge in [0.15, 0.2) is 11.5 Å². The minimum atomic E-state index is 0.550. The Labute approximate surface area is 124 Å². The van der Waals surface area contributed by atoms with Crippen molar-refractivity contribution in [3.8, 4) is 22.8 Å². The van der Waals surface area contributed by atoms with Crippen LogP contribution < -0.4 is 15.2 Å². The van der Waals surface area contributed by atoms with Gasteiger partial charge in [0.1, 0.15) is 12.1 Å². The number of ether oxygens (including phenoxy) is 2. The third-order valence-corrected chi connectivity index (χ3v) is 3.50. The normalized spacial score (nSPS) is 13.8. The molecule has 2 heterocycles. The van der Waals surface area contributed by atoms with Gasteiger partial charge in [-0.25, -0.2) is 9.97 Å². The van der Waals surface area contributed by atoms with Crippen molar-refractivity contribution in [3.63, 3.8) is 0 Å². The quantitative estimate of drug-likeness (QED) is 0.939. The molecule has 3 rings (SSSR count). The Bertz CT molecular complexity index is 643. The number of nitrogens with two attached hydrogens (primary N) is 1. The number of nitrogen functional groups attached to an aromatic ring is 1. The van der Waals surface area contributed by atoms with Gasteiger partial charge in [-0.1, -0.05) is 13.3 Å². The Kier molecular flexibility index (Phi) is 3.90. The first-order chi connectivity index (χ1) is 10.3. The summed E-state index contributed by atoms with van der Waals surface area (Å²) in [6.45, 7) is 3.47. The van der Waals surface area contributed by atoms with E-state index in [1.165, 1.54) is 6.33 Å². The van der Waals surface area contributed by atoms with Gasteiger partial charge < -0.3 is 15.2 Å². The summed E-state index contributed by atoms with van der Waals surface area (Å²) in [5.74, 6) is 2.11. The maximum absolute atomic E-state index is 6.00. The number of anilines is 1. The minimum Gasteiger partial charge on any atom is -0.490 e. The molecule has 0 radical (unpaired) electrons. The molecule has 2 aromatic rings. The summed E-state index contributed by atoms with van der Waals surface area (Å²) in [5, 5.41) is 0. The van der Waals surface area contributed by atoms with Gasteiger partial charge in [0.25, 0.3) is 0 Å². The Balaban J connectivity index is 2.05. The van der Waals surface area contributed by atoms with E-state index in [4.69, 9.17) is 15.2 Å². The SMILES string of the molecule is CCCc1c(N)ncnc1-c1ccc2c(c1)OCCCO2. The zero-order valence-electron chi connectivity index (χ0n) is 12.1. The smallest absolute Gasteiger partial charge is 0.161 e. The maximum Gasteiger partial charge on any atom is 0.161 e. The first kappa shape index (κ1) is 13.7. The van der Waals surface area contributed by atoms with Crippen LogP contribution in [0.5, 0.6) is 11.5 Å². The van der Waals surface area contributed by atoms with Crippen LogP contribution >= 0.6 is 0 Å². The van der Waals surface area contributed by atoms with Crippen LogP contribution in [-0.4, -0.2) is 23.2 Å². The Morgan fingerprint density at radius 3 is 2.76 bits per heavy atom. The van der Waals surface area contributed by atoms with Crippen molar-refractivity contribution in [2.24, 2.45) is 0 Å². The van der Waals surface area contributed by atoms with E-state index in [2.05, 4.69) is 16.9 Å². The largest absolute Gasteiger partial charge is 0.490 e. The highest BCUT2D eigenvalue weighted by Crippen LogP contribution is 2.35. The first-order valence-corrected chi connectivity index (χ1v) is 7.29. The van der Waals surface area contributed by atoms with Crippen LogP contribution in [0.15, 0.2) is 24.5 Å². The molecule has 5 nitrogen and oxygen atoms in total. The molecule has 0 spiro atoms. The van der Waals surface area contributed by atoms with E-state index >= 15 is 0 Å². The molecule has 0 bridgehead atoms. The molecular weight excluding hydrogens is 266 g/mol. The molecule has 0 amide bonds. The fourth-order valence-corrected chi connectivity index (χ4v) is 2.48. The lowest BCUT2D eigenvalue weighted by atomic mass is 10.0. The number of aromatic nitrogens is 2. The monoisotopic (exact) mass is 285 g/mol. The molecule has 1 aliphatic heterocycles. The Morgan fingerprint density at radius 1 is 1.14 bits per heavy atom. The van der Waals surface area contributed by atoms with E-state index < -0.39 is 0 Å². The highest BCUT2D eigenvalue weighted by atomic mass is 16.5. The predicted molar refractivity (Wildman–Crippen MR) is 81.5 cm³/mol. The molecule has 1 aromatic heterocycles. The zero-order valence-corrected chi connectivity index (χ0v) is 12.1. The van der Waals surface area contributed by atoms with Crippen LogP contribution in [0.2, 0.25) is 0 Å². The zero-order chi connectivity index (χ0) is 14.7. The van der Waals surface area contributed by atoms with Crippen molar-refractivity contribution in [3.05, 3.63) is 30.1 Å². The van der Waals surface area contributed by atoms with Crippen LogP contribution in [0, 0.1) is 0 Å². The molecule has 5 heteroatoms. The van der Waals surface area contributed by atoms with Crippen LogP contribution in [0.4, 0.5) is 5.82 Å². The molecule has 0 atom stereocenters. The second-order valence-corrected chi connectivity index (χ2v) is 5.05. The molecule has 0 fully saturated rings. The first-order valence-electron chi connectivity index (χ1n) is 7.29. The van der Waals surface area contributed by atoms with E-state index in [1.54, 1.807) is 0 Å². The van der Waals surface area contributed by atoms with E-state index in [0.29, 0.717) is 19.0 Å². The number of hydrogen-bond donors (Lipinski definition) is 1. The lowest BCUT2D eigenvalue weighted by Gasteiger charge is -2.12. The molecule has 1 aromatic carbocycles. The van der Waals surface area contributed by atoms with Gasteiger partial charge >= 0.3 is 0 Å². The highest BCUT2D eigenvalue weighted by Gasteiger charge is 2.15. The van der Waals surface area contributed by atoms with Gasteiger partial charge in [0.2, 0.25) is 0 Å². The third-order valence-electron chi connectivity index (χ3n) is 3.50.